The molecule has 30 heavy (non-hydrogen) atoms. The van der Waals surface area contributed by atoms with Crippen LogP contribution in [0.5, 0.6) is 5.75 Å². The van der Waals surface area contributed by atoms with Crippen LogP contribution >= 0.6 is 0 Å². The first-order chi connectivity index (χ1) is 14.5. The van der Waals surface area contributed by atoms with Gasteiger partial charge in [-0.1, -0.05) is 56.3 Å². The summed E-state index contributed by atoms with van der Waals surface area (Å²) in [5.41, 5.74) is 2.63. The largest absolute Gasteiger partial charge is 0.507 e. The van der Waals surface area contributed by atoms with E-state index in [4.69, 9.17) is 12.6 Å². The van der Waals surface area contributed by atoms with Crippen molar-refractivity contribution in [3.05, 3.63) is 72.8 Å². The number of fused-ring (bicyclic) bond motifs is 4. The molecular weight excluding hydrogens is 402 g/mol. The van der Waals surface area contributed by atoms with Crippen molar-refractivity contribution in [2.75, 3.05) is 0 Å². The Morgan fingerprint density at radius 3 is 2.23 bits per heavy atom. The van der Waals surface area contributed by atoms with Gasteiger partial charge in [-0.15, -0.1) is 22.8 Å². The maximum atomic E-state index is 9.93. The number of hydrogen-bond donors (Lipinski definition) is 1. The Kier molecular flexibility index (Phi) is 6.38. The fraction of sp³-hybridized carbons (Fsp3) is 0.0909. The van der Waals surface area contributed by atoms with E-state index in [1.54, 1.807) is 10.9 Å². The third-order valence-electron chi connectivity index (χ3n) is 4.35. The van der Waals surface area contributed by atoms with Gasteiger partial charge >= 0.3 is 10.6 Å². The first-order valence-corrected chi connectivity index (χ1v) is 10.3. The van der Waals surface area contributed by atoms with Crippen molar-refractivity contribution in [3.63, 3.8) is 0 Å². The lowest BCUT2D eigenvalue weighted by Crippen LogP contribution is -1.98. The number of phenols is 1. The predicted octanol–water partition coefficient (Wildman–Crippen LogP) is 4.45. The van der Waals surface area contributed by atoms with E-state index in [2.05, 4.69) is 28.4 Å². The molecule has 0 bridgehead atoms. The van der Waals surface area contributed by atoms with Crippen molar-refractivity contribution in [2.24, 2.45) is 0 Å². The van der Waals surface area contributed by atoms with E-state index in [0.717, 1.165) is 38.3 Å². The minimum Gasteiger partial charge on any atom is -0.507 e. The smallest absolute Gasteiger partial charge is 0.425 e. The van der Waals surface area contributed by atoms with Crippen LogP contribution in [0.4, 0.5) is 0 Å². The zero-order valence-electron chi connectivity index (χ0n) is 16.4. The Hall–Kier alpha value is -3.78. The van der Waals surface area contributed by atoms with Crippen LogP contribution < -0.4 is 0 Å². The molecule has 1 heterocycles. The molecule has 8 heteroatoms. The first-order valence-electron chi connectivity index (χ1n) is 9.26. The number of benzene rings is 4. The van der Waals surface area contributed by atoms with Crippen molar-refractivity contribution >= 4 is 43.2 Å². The average Bonchev–Trinajstić information content (AvgIpc) is 3.20. The van der Waals surface area contributed by atoms with Crippen LogP contribution in [0.3, 0.4) is 0 Å². The summed E-state index contributed by atoms with van der Waals surface area (Å²) >= 11 is 0. The average molecular weight is 421 g/mol. The van der Waals surface area contributed by atoms with Crippen LogP contribution in [0, 0.1) is 0 Å². The van der Waals surface area contributed by atoms with Gasteiger partial charge < -0.3 is 5.11 Å². The van der Waals surface area contributed by atoms with Gasteiger partial charge in [0.05, 0.1) is 5.69 Å². The van der Waals surface area contributed by atoms with Crippen LogP contribution in [-0.2, 0) is 10.6 Å². The van der Waals surface area contributed by atoms with Crippen molar-refractivity contribution in [3.8, 4) is 11.4 Å². The van der Waals surface area contributed by atoms with Gasteiger partial charge in [-0.05, 0) is 41.1 Å². The highest BCUT2D eigenvalue weighted by Gasteiger charge is 2.09. The molecule has 152 valence electrons. The molecule has 1 aromatic heterocycles. The van der Waals surface area contributed by atoms with Gasteiger partial charge in [0.1, 0.15) is 16.8 Å². The van der Waals surface area contributed by atoms with Crippen LogP contribution in [0.1, 0.15) is 13.8 Å². The van der Waals surface area contributed by atoms with Crippen LogP contribution in [0.25, 0.3) is 38.3 Å². The highest BCUT2D eigenvalue weighted by atomic mass is 32.2. The van der Waals surface area contributed by atoms with Gasteiger partial charge in [0, 0.05) is 10.8 Å². The standard InChI is InChI=1S/C20H13N3O.C2H6.O3S/c24-19-7-3-5-14-12-15(9-10-16(14)19)23-21-18-11-8-13-4-1-2-6-17(13)20(18)22-23;1-2;1-4(2)3/h1-12,24H;1-2H3;. The maximum Gasteiger partial charge on any atom is 0.425 e. The summed E-state index contributed by atoms with van der Waals surface area (Å²) in [4.78, 5) is 1.65. The Labute approximate surface area is 174 Å². The summed E-state index contributed by atoms with van der Waals surface area (Å²) in [6.45, 7) is 4.00. The molecule has 0 unspecified atom stereocenters. The molecule has 4 aromatic carbocycles. The third kappa shape index (κ3) is 4.28. The van der Waals surface area contributed by atoms with E-state index in [9.17, 15) is 5.11 Å². The third-order valence-corrected chi connectivity index (χ3v) is 4.35. The van der Waals surface area contributed by atoms with Gasteiger partial charge in [0.25, 0.3) is 0 Å². The molecule has 0 spiro atoms. The first kappa shape index (κ1) is 20.9. The summed E-state index contributed by atoms with van der Waals surface area (Å²) < 4.78 is 25.3. The number of phenolic OH excluding ortho intramolecular Hbond substituents is 1. The Morgan fingerprint density at radius 2 is 1.47 bits per heavy atom. The van der Waals surface area contributed by atoms with E-state index >= 15 is 0 Å². The second kappa shape index (κ2) is 9.15. The van der Waals surface area contributed by atoms with Crippen molar-refractivity contribution in [2.45, 2.75) is 13.8 Å². The molecular formula is C22H19N3O4S. The van der Waals surface area contributed by atoms with E-state index in [1.807, 2.05) is 62.4 Å². The van der Waals surface area contributed by atoms with E-state index in [0.29, 0.717) is 0 Å². The highest BCUT2D eigenvalue weighted by Crippen LogP contribution is 2.27. The number of rotatable bonds is 1. The predicted molar refractivity (Wildman–Crippen MR) is 117 cm³/mol. The Bertz CT molecular complexity index is 1440. The Balaban J connectivity index is 0.000000385. The van der Waals surface area contributed by atoms with E-state index in [-0.39, 0.29) is 5.75 Å². The molecule has 0 saturated carbocycles. The molecule has 0 amide bonds. The lowest BCUT2D eigenvalue weighted by molar-refractivity contribution is 0.481. The summed E-state index contributed by atoms with van der Waals surface area (Å²) in [6.07, 6.45) is 0. The molecule has 0 aliphatic rings. The maximum absolute atomic E-state index is 9.93. The fourth-order valence-corrected chi connectivity index (χ4v) is 3.14. The minimum absolute atomic E-state index is 0.281. The van der Waals surface area contributed by atoms with Gasteiger partial charge in [0.2, 0.25) is 0 Å². The lowest BCUT2D eigenvalue weighted by atomic mass is 10.1. The topological polar surface area (TPSA) is 102 Å². The fourth-order valence-electron chi connectivity index (χ4n) is 3.14. The molecule has 0 saturated heterocycles. The molecule has 1 N–H and O–H groups in total. The molecule has 0 aliphatic carbocycles. The van der Waals surface area contributed by atoms with Crippen molar-refractivity contribution in [1.82, 2.24) is 15.0 Å². The molecule has 5 rings (SSSR count). The normalized spacial score (nSPS) is 10.2. The van der Waals surface area contributed by atoms with E-state index in [1.165, 1.54) is 0 Å². The molecule has 5 aromatic rings. The van der Waals surface area contributed by atoms with Gasteiger partial charge in [-0.2, -0.15) is 4.80 Å². The molecule has 7 nitrogen and oxygen atoms in total. The second-order valence-electron chi connectivity index (χ2n) is 6.03. The van der Waals surface area contributed by atoms with Gasteiger partial charge in [0.15, 0.2) is 0 Å². The van der Waals surface area contributed by atoms with Crippen LogP contribution in [-0.4, -0.2) is 32.7 Å². The number of aromatic hydroxyl groups is 1. The zero-order valence-corrected chi connectivity index (χ0v) is 17.2. The number of aromatic nitrogens is 3. The summed E-state index contributed by atoms with van der Waals surface area (Å²) in [5, 5.41) is 23.2. The van der Waals surface area contributed by atoms with E-state index < -0.39 is 10.6 Å². The number of hydrogen-bond acceptors (Lipinski definition) is 6. The second-order valence-corrected chi connectivity index (χ2v) is 6.44. The molecule has 0 radical (unpaired) electrons. The summed E-state index contributed by atoms with van der Waals surface area (Å²) in [7, 11) is -3.11. The van der Waals surface area contributed by atoms with Crippen LogP contribution in [0.15, 0.2) is 72.8 Å². The summed E-state index contributed by atoms with van der Waals surface area (Å²) in [6, 6.07) is 23.5. The molecule has 0 fully saturated rings. The van der Waals surface area contributed by atoms with Crippen molar-refractivity contribution < 1.29 is 17.7 Å². The Morgan fingerprint density at radius 1 is 0.767 bits per heavy atom. The zero-order chi connectivity index (χ0) is 21.7. The summed E-state index contributed by atoms with van der Waals surface area (Å²) in [5.74, 6) is 0.281. The molecule has 0 aliphatic heterocycles. The van der Waals surface area contributed by atoms with Crippen molar-refractivity contribution in [1.29, 1.82) is 0 Å². The van der Waals surface area contributed by atoms with Gasteiger partial charge in [-0.3, -0.25) is 0 Å². The minimum atomic E-state index is -3.11. The van der Waals surface area contributed by atoms with Crippen LogP contribution in [0.2, 0.25) is 0 Å². The monoisotopic (exact) mass is 421 g/mol. The number of nitrogens with zero attached hydrogens (tertiary/aromatic N) is 3. The molecule has 0 atom stereocenters. The quantitative estimate of drug-likeness (QED) is 0.429. The highest BCUT2D eigenvalue weighted by molar-refractivity contribution is 7.59. The lowest BCUT2D eigenvalue weighted by Gasteiger charge is -2.03. The SMILES string of the molecule is CC.O=S(=O)=O.Oc1cccc2cc(-n3nc4ccc5ccccc5c4n3)ccc12. The van der Waals surface area contributed by atoms with Gasteiger partial charge in [-0.25, -0.2) is 0 Å².